The van der Waals surface area contributed by atoms with Gasteiger partial charge in [-0.25, -0.2) is 0 Å². The summed E-state index contributed by atoms with van der Waals surface area (Å²) in [6.07, 6.45) is 36.8. The molecule has 2 nitrogen and oxygen atoms in total. The minimum Gasteiger partial charge on any atom is -0.481 e. The Morgan fingerprint density at radius 1 is 0.850 bits per heavy atom. The van der Waals surface area contributed by atoms with Gasteiger partial charge in [0.25, 0.3) is 0 Å². The van der Waals surface area contributed by atoms with Crippen molar-refractivity contribution in [3.05, 3.63) is 58.7 Å². The van der Waals surface area contributed by atoms with E-state index >= 15 is 0 Å². The number of hydrogen-bond donors (Lipinski definition) is 1. The molecule has 228 valence electrons. The minimum absolute atomic E-state index is 0.266. The zero-order chi connectivity index (χ0) is 29.6. The van der Waals surface area contributed by atoms with Gasteiger partial charge in [0, 0.05) is 0 Å². The van der Waals surface area contributed by atoms with Gasteiger partial charge in [-0.15, -0.1) is 0 Å². The van der Waals surface area contributed by atoms with Gasteiger partial charge in [0.15, 0.2) is 0 Å². The quantitative estimate of drug-likeness (QED) is 0.107. The van der Waals surface area contributed by atoms with Crippen molar-refractivity contribution in [1.29, 1.82) is 0 Å². The highest BCUT2D eigenvalue weighted by Gasteiger charge is 2.26. The van der Waals surface area contributed by atoms with Gasteiger partial charge in [-0.1, -0.05) is 164 Å². The molecule has 0 aromatic rings. The molecule has 1 unspecified atom stereocenters. The molecule has 1 aliphatic carbocycles. The SMILES string of the molecule is CCCCCCCCCCCCCCCCC(CC=C(C)C=CC=C(C)C=CC1=C(C)CCCC1(C)C)C(=O)O. The van der Waals surface area contributed by atoms with Crippen LogP contribution in [0.25, 0.3) is 0 Å². The van der Waals surface area contributed by atoms with Crippen LogP contribution in [0.3, 0.4) is 0 Å². The second-order valence-electron chi connectivity index (χ2n) is 13.1. The maximum absolute atomic E-state index is 11.8. The van der Waals surface area contributed by atoms with E-state index < -0.39 is 5.97 Å². The Labute approximate surface area is 249 Å². The van der Waals surface area contributed by atoms with Crippen molar-refractivity contribution in [3.8, 4) is 0 Å². The Hall–Kier alpha value is -1.83. The van der Waals surface area contributed by atoms with Crippen LogP contribution in [-0.2, 0) is 4.79 Å². The van der Waals surface area contributed by atoms with Crippen molar-refractivity contribution in [1.82, 2.24) is 0 Å². The molecule has 2 heteroatoms. The van der Waals surface area contributed by atoms with Crippen molar-refractivity contribution in [2.75, 3.05) is 0 Å². The van der Waals surface area contributed by atoms with Gasteiger partial charge < -0.3 is 5.11 Å². The normalized spacial score (nSPS) is 17.4. The van der Waals surface area contributed by atoms with Crippen LogP contribution < -0.4 is 0 Å². The first-order valence-electron chi connectivity index (χ1n) is 16.8. The Morgan fingerprint density at radius 2 is 1.40 bits per heavy atom. The van der Waals surface area contributed by atoms with E-state index in [1.807, 2.05) is 0 Å². The van der Waals surface area contributed by atoms with E-state index in [0.29, 0.717) is 6.42 Å². The average Bonchev–Trinajstić information content (AvgIpc) is 2.89. The van der Waals surface area contributed by atoms with Crippen molar-refractivity contribution in [3.63, 3.8) is 0 Å². The standard InChI is InChI=1S/C38H64O2/c1-7-8-9-10-11-12-13-14-15-16-17-18-19-20-26-35(37(39)40)29-27-32(2)23-21-24-33(3)28-30-36-34(4)25-22-31-38(36,5)6/h21,23-24,27-28,30,35H,7-20,22,25-26,29,31H2,1-6H3,(H,39,40). The molecular formula is C38H64O2. The molecule has 0 aliphatic heterocycles. The first kappa shape index (κ1) is 36.2. The average molecular weight is 553 g/mol. The van der Waals surface area contributed by atoms with Crippen molar-refractivity contribution in [2.24, 2.45) is 11.3 Å². The minimum atomic E-state index is -0.654. The third-order valence-electron chi connectivity index (χ3n) is 8.75. The predicted octanol–water partition coefficient (Wildman–Crippen LogP) is 12.5. The summed E-state index contributed by atoms with van der Waals surface area (Å²) in [5, 5.41) is 9.69. The number of carboxylic acid groups (broad SMARTS) is 1. The van der Waals surface area contributed by atoms with E-state index in [1.54, 1.807) is 0 Å². The predicted molar refractivity (Wildman–Crippen MR) is 177 cm³/mol. The molecule has 0 fully saturated rings. The fraction of sp³-hybridized carbons (Fsp3) is 0.711. The number of carboxylic acids is 1. The topological polar surface area (TPSA) is 37.3 Å². The summed E-state index contributed by atoms with van der Waals surface area (Å²) in [5.74, 6) is -0.921. The fourth-order valence-corrected chi connectivity index (χ4v) is 5.96. The highest BCUT2D eigenvalue weighted by molar-refractivity contribution is 5.70. The molecule has 1 N–H and O–H groups in total. The van der Waals surface area contributed by atoms with Crippen LogP contribution in [0.15, 0.2) is 58.7 Å². The van der Waals surface area contributed by atoms with Gasteiger partial charge in [0.05, 0.1) is 5.92 Å². The Balaban J connectivity index is 2.27. The number of unbranched alkanes of at least 4 members (excludes halogenated alkanes) is 13. The third-order valence-corrected chi connectivity index (χ3v) is 8.75. The maximum atomic E-state index is 11.8. The first-order chi connectivity index (χ1) is 19.2. The van der Waals surface area contributed by atoms with Crippen LogP contribution in [-0.4, -0.2) is 11.1 Å². The Kier molecular flexibility index (Phi) is 19.8. The summed E-state index contributed by atoms with van der Waals surface area (Å²) >= 11 is 0. The van der Waals surface area contributed by atoms with Crippen LogP contribution >= 0.6 is 0 Å². The molecule has 1 atom stereocenters. The molecule has 1 rings (SSSR count). The van der Waals surface area contributed by atoms with Gasteiger partial charge in [0.2, 0.25) is 0 Å². The van der Waals surface area contributed by atoms with Gasteiger partial charge in [-0.3, -0.25) is 4.79 Å². The molecule has 40 heavy (non-hydrogen) atoms. The van der Waals surface area contributed by atoms with Crippen LogP contribution in [0.4, 0.5) is 0 Å². The molecular weight excluding hydrogens is 488 g/mol. The lowest BCUT2D eigenvalue weighted by molar-refractivity contribution is -0.141. The highest BCUT2D eigenvalue weighted by Crippen LogP contribution is 2.40. The smallest absolute Gasteiger partial charge is 0.306 e. The van der Waals surface area contributed by atoms with E-state index in [2.05, 4.69) is 78.0 Å². The number of rotatable bonds is 22. The summed E-state index contributed by atoms with van der Waals surface area (Å²) in [6, 6.07) is 0. The zero-order valence-corrected chi connectivity index (χ0v) is 27.3. The summed E-state index contributed by atoms with van der Waals surface area (Å²) < 4.78 is 0. The molecule has 0 bridgehead atoms. The van der Waals surface area contributed by atoms with Crippen LogP contribution in [0.5, 0.6) is 0 Å². The lowest BCUT2D eigenvalue weighted by atomic mass is 9.72. The first-order valence-corrected chi connectivity index (χ1v) is 16.8. The lowest BCUT2D eigenvalue weighted by Gasteiger charge is -2.32. The second-order valence-corrected chi connectivity index (χ2v) is 13.1. The Bertz CT molecular complexity index is 849. The monoisotopic (exact) mass is 552 g/mol. The van der Waals surface area contributed by atoms with E-state index in [1.165, 1.54) is 113 Å². The summed E-state index contributed by atoms with van der Waals surface area (Å²) in [5.41, 5.74) is 5.64. The molecule has 0 spiro atoms. The third kappa shape index (κ3) is 17.1. The molecule has 0 amide bonds. The van der Waals surface area contributed by atoms with Crippen molar-refractivity contribution < 1.29 is 9.90 Å². The van der Waals surface area contributed by atoms with E-state index in [-0.39, 0.29) is 11.3 Å². The van der Waals surface area contributed by atoms with Crippen LogP contribution in [0, 0.1) is 11.3 Å². The number of aliphatic carboxylic acids is 1. The van der Waals surface area contributed by atoms with E-state index in [9.17, 15) is 9.90 Å². The summed E-state index contributed by atoms with van der Waals surface area (Å²) in [4.78, 5) is 11.8. The Morgan fingerprint density at radius 3 is 1.93 bits per heavy atom. The van der Waals surface area contributed by atoms with Gasteiger partial charge in [0.1, 0.15) is 0 Å². The molecule has 0 aromatic heterocycles. The van der Waals surface area contributed by atoms with Gasteiger partial charge >= 0.3 is 5.97 Å². The lowest BCUT2D eigenvalue weighted by Crippen LogP contribution is -2.19. The second kappa shape index (κ2) is 21.9. The molecule has 1 aliphatic rings. The molecule has 0 aromatic carbocycles. The molecule has 0 radical (unpaired) electrons. The van der Waals surface area contributed by atoms with Gasteiger partial charge in [-0.2, -0.15) is 0 Å². The number of carbonyl (C=O) groups is 1. The fourth-order valence-electron chi connectivity index (χ4n) is 5.96. The van der Waals surface area contributed by atoms with Gasteiger partial charge in [-0.05, 0) is 63.9 Å². The molecule has 0 saturated carbocycles. The number of allylic oxidation sites excluding steroid dienone is 10. The zero-order valence-electron chi connectivity index (χ0n) is 27.3. The largest absolute Gasteiger partial charge is 0.481 e. The molecule has 0 saturated heterocycles. The summed E-state index contributed by atoms with van der Waals surface area (Å²) in [7, 11) is 0. The van der Waals surface area contributed by atoms with E-state index in [4.69, 9.17) is 0 Å². The van der Waals surface area contributed by atoms with Crippen LogP contribution in [0.2, 0.25) is 0 Å². The number of hydrogen-bond acceptors (Lipinski definition) is 1. The van der Waals surface area contributed by atoms with Crippen LogP contribution in [0.1, 0.15) is 164 Å². The van der Waals surface area contributed by atoms with E-state index in [0.717, 1.165) is 24.8 Å². The summed E-state index contributed by atoms with van der Waals surface area (Å²) in [6.45, 7) is 13.5. The van der Waals surface area contributed by atoms with Crippen molar-refractivity contribution >= 4 is 5.97 Å². The van der Waals surface area contributed by atoms with Crippen molar-refractivity contribution in [2.45, 2.75) is 164 Å². The highest BCUT2D eigenvalue weighted by atomic mass is 16.4. The molecule has 0 heterocycles. The maximum Gasteiger partial charge on any atom is 0.306 e.